The van der Waals surface area contributed by atoms with Gasteiger partial charge in [0, 0.05) is 44.1 Å². The van der Waals surface area contributed by atoms with Gasteiger partial charge in [0.25, 0.3) is 0 Å². The van der Waals surface area contributed by atoms with Gasteiger partial charge in [-0.05, 0) is 138 Å². The maximum absolute atomic E-state index is 2.52. The molecule has 0 unspecified atom stereocenters. The third-order valence-corrected chi connectivity index (χ3v) is 16.6. The molecule has 2 heteroatoms. The van der Waals surface area contributed by atoms with Gasteiger partial charge in [-0.15, -0.1) is 0 Å². The first kappa shape index (κ1) is 45.4. The molecule has 2 nitrogen and oxygen atoms in total. The summed E-state index contributed by atoms with van der Waals surface area (Å²) in [5.74, 6) is 0. The van der Waals surface area contributed by atoms with Crippen molar-refractivity contribution in [3.8, 4) is 55.6 Å². The van der Waals surface area contributed by atoms with Crippen molar-refractivity contribution >= 4 is 55.7 Å². The van der Waals surface area contributed by atoms with Crippen LogP contribution in [0.4, 0.5) is 34.1 Å². The van der Waals surface area contributed by atoms with Crippen molar-refractivity contribution < 1.29 is 0 Å². The largest absolute Gasteiger partial charge is 0.309 e. The molecule has 2 aliphatic rings. The molecule has 12 aromatic carbocycles. The Kier molecular flexibility index (Phi) is 10.6. The number of nitrogens with zero attached hydrogens (tertiary/aromatic N) is 2. The molecule has 0 amide bonds. The quantitative estimate of drug-likeness (QED) is 0.142. The zero-order valence-electron chi connectivity index (χ0n) is 43.3. The van der Waals surface area contributed by atoms with E-state index in [2.05, 4.69) is 304 Å². The van der Waals surface area contributed by atoms with Gasteiger partial charge in [-0.25, -0.2) is 0 Å². The maximum Gasteiger partial charge on any atom is 0.0543 e. The van der Waals surface area contributed by atoms with E-state index in [0.717, 1.165) is 34.1 Å². The Bertz CT molecular complexity index is 3930. The van der Waals surface area contributed by atoms with Crippen LogP contribution in [0, 0.1) is 0 Å². The van der Waals surface area contributed by atoms with Gasteiger partial charge in [-0.1, -0.05) is 234 Å². The Hall–Kier alpha value is -9.24. The predicted molar refractivity (Wildman–Crippen MR) is 322 cm³/mol. The molecular weight excluding hydrogens is 917 g/mol. The van der Waals surface area contributed by atoms with E-state index in [0.29, 0.717) is 0 Å². The molecule has 14 rings (SSSR count). The lowest BCUT2D eigenvalue weighted by atomic mass is 9.74. The first-order valence-electron chi connectivity index (χ1n) is 26.7. The Morgan fingerprint density at radius 2 is 0.605 bits per heavy atom. The predicted octanol–water partition coefficient (Wildman–Crippen LogP) is 20.5. The van der Waals surface area contributed by atoms with E-state index in [1.54, 1.807) is 0 Å². The smallest absolute Gasteiger partial charge is 0.0543 e. The molecule has 76 heavy (non-hydrogen) atoms. The Labute approximate surface area is 446 Å². The van der Waals surface area contributed by atoms with E-state index < -0.39 is 10.8 Å². The summed E-state index contributed by atoms with van der Waals surface area (Å²) in [4.78, 5) is 5.03. The van der Waals surface area contributed by atoms with Crippen molar-refractivity contribution in [1.29, 1.82) is 0 Å². The average Bonchev–Trinajstić information content (AvgIpc) is 3.99. The summed E-state index contributed by atoms with van der Waals surface area (Å²) in [6.45, 7) is 9.84. The van der Waals surface area contributed by atoms with Crippen molar-refractivity contribution in [2.24, 2.45) is 0 Å². The number of anilines is 6. The standard InChI is InChI=1S/C74H56N2/c1-73(2)63-47-53(49-23-9-5-10-24-49)39-41-61(63)69-67(75(55-31-13-7-14-32-55)65-37-21-29-51-27-17-19-35-57(51)65)45-43-59(71(69)73)60-44-46-68(76(56-33-15-8-16-34-56)66-38-22-30-52-28-18-20-36-58(52)66)70-62-42-40-54(50-25-11-6-12-26-50)48-64(62)74(3,4)72(60)70/h5-48H,1-4H3. The monoisotopic (exact) mass is 972 g/mol. The molecule has 0 spiro atoms. The van der Waals surface area contributed by atoms with E-state index in [9.17, 15) is 0 Å². The van der Waals surface area contributed by atoms with Gasteiger partial charge in [-0.2, -0.15) is 0 Å². The van der Waals surface area contributed by atoms with Crippen LogP contribution in [0.5, 0.6) is 0 Å². The van der Waals surface area contributed by atoms with Gasteiger partial charge < -0.3 is 9.80 Å². The van der Waals surface area contributed by atoms with Crippen LogP contribution in [0.2, 0.25) is 0 Å². The molecule has 0 bridgehead atoms. The van der Waals surface area contributed by atoms with Gasteiger partial charge in [0.05, 0.1) is 22.7 Å². The van der Waals surface area contributed by atoms with Gasteiger partial charge in [0.15, 0.2) is 0 Å². The van der Waals surface area contributed by atoms with Crippen molar-refractivity contribution in [3.05, 3.63) is 289 Å². The number of fused-ring (bicyclic) bond motifs is 8. The SMILES string of the molecule is CC1(C)c2cc(-c3ccccc3)ccc2-c2c(N(c3ccccc3)c3cccc4ccccc34)ccc(-c3ccc(N(c4ccccc4)c4cccc5ccccc45)c4c3C(C)(C)c3cc(-c5ccccc5)ccc3-4)c21. The van der Waals surface area contributed by atoms with E-state index in [1.165, 1.54) is 99.4 Å². The van der Waals surface area contributed by atoms with Crippen LogP contribution >= 0.6 is 0 Å². The number of hydrogen-bond donors (Lipinski definition) is 0. The van der Waals surface area contributed by atoms with E-state index in [1.807, 2.05) is 0 Å². The third kappa shape index (κ3) is 7.09. The molecule has 0 heterocycles. The maximum atomic E-state index is 2.52. The fourth-order valence-electron chi connectivity index (χ4n) is 13.1. The van der Waals surface area contributed by atoms with Crippen LogP contribution < -0.4 is 9.80 Å². The number of hydrogen-bond acceptors (Lipinski definition) is 2. The minimum absolute atomic E-state index is 0.400. The van der Waals surface area contributed by atoms with Crippen molar-refractivity contribution in [1.82, 2.24) is 0 Å². The first-order valence-corrected chi connectivity index (χ1v) is 26.7. The molecule has 0 fully saturated rings. The Balaban J connectivity index is 1.08. The zero-order chi connectivity index (χ0) is 51.1. The summed E-state index contributed by atoms with van der Waals surface area (Å²) in [6.07, 6.45) is 0. The second-order valence-electron chi connectivity index (χ2n) is 21.6. The number of rotatable bonds is 9. The summed E-state index contributed by atoms with van der Waals surface area (Å²) in [6, 6.07) is 98.9. The third-order valence-electron chi connectivity index (χ3n) is 16.6. The number of para-hydroxylation sites is 2. The molecule has 0 aromatic heterocycles. The molecule has 0 saturated carbocycles. The lowest BCUT2D eigenvalue weighted by Gasteiger charge is -2.33. The van der Waals surface area contributed by atoms with Crippen LogP contribution in [0.15, 0.2) is 267 Å². The van der Waals surface area contributed by atoms with Crippen molar-refractivity contribution in [3.63, 3.8) is 0 Å². The summed E-state index contributed by atoms with van der Waals surface area (Å²) < 4.78 is 0. The molecule has 2 aliphatic carbocycles. The lowest BCUT2D eigenvalue weighted by molar-refractivity contribution is 0.655. The fraction of sp³-hybridized carbons (Fsp3) is 0.0811. The van der Waals surface area contributed by atoms with E-state index in [4.69, 9.17) is 0 Å². The van der Waals surface area contributed by atoms with Crippen molar-refractivity contribution in [2.75, 3.05) is 9.80 Å². The van der Waals surface area contributed by atoms with Crippen LogP contribution in [-0.4, -0.2) is 0 Å². The fourth-order valence-corrected chi connectivity index (χ4v) is 13.1. The molecule has 362 valence electrons. The molecule has 0 N–H and O–H groups in total. The molecule has 0 radical (unpaired) electrons. The van der Waals surface area contributed by atoms with Crippen LogP contribution in [-0.2, 0) is 10.8 Å². The highest BCUT2D eigenvalue weighted by Gasteiger charge is 2.45. The summed E-state index contributed by atoms with van der Waals surface area (Å²) in [5.41, 5.74) is 23.9. The second kappa shape index (κ2) is 17.7. The minimum atomic E-state index is -0.400. The second-order valence-corrected chi connectivity index (χ2v) is 21.6. The summed E-state index contributed by atoms with van der Waals surface area (Å²) in [5, 5.41) is 4.84. The summed E-state index contributed by atoms with van der Waals surface area (Å²) >= 11 is 0. The van der Waals surface area contributed by atoms with Crippen molar-refractivity contribution in [2.45, 2.75) is 38.5 Å². The van der Waals surface area contributed by atoms with Gasteiger partial charge >= 0.3 is 0 Å². The zero-order valence-corrected chi connectivity index (χ0v) is 43.3. The molecule has 0 atom stereocenters. The average molecular weight is 973 g/mol. The van der Waals surface area contributed by atoms with Gasteiger partial charge in [-0.3, -0.25) is 0 Å². The van der Waals surface area contributed by atoms with Gasteiger partial charge in [0.1, 0.15) is 0 Å². The van der Waals surface area contributed by atoms with Crippen LogP contribution in [0.1, 0.15) is 49.9 Å². The topological polar surface area (TPSA) is 6.48 Å². The first-order chi connectivity index (χ1) is 37.3. The highest BCUT2D eigenvalue weighted by Crippen LogP contribution is 2.62. The molecule has 0 aliphatic heterocycles. The Morgan fingerprint density at radius 1 is 0.263 bits per heavy atom. The molecular formula is C74H56N2. The van der Waals surface area contributed by atoms with Crippen LogP contribution in [0.25, 0.3) is 77.2 Å². The van der Waals surface area contributed by atoms with E-state index in [-0.39, 0.29) is 0 Å². The summed E-state index contributed by atoms with van der Waals surface area (Å²) in [7, 11) is 0. The Morgan fingerprint density at radius 3 is 1.01 bits per heavy atom. The van der Waals surface area contributed by atoms with Crippen LogP contribution in [0.3, 0.4) is 0 Å². The highest BCUT2D eigenvalue weighted by atomic mass is 15.2. The highest BCUT2D eigenvalue weighted by molar-refractivity contribution is 6.08. The molecule has 0 saturated heterocycles. The molecule has 12 aromatic rings. The minimum Gasteiger partial charge on any atom is -0.309 e. The van der Waals surface area contributed by atoms with E-state index >= 15 is 0 Å². The number of benzene rings is 12. The van der Waals surface area contributed by atoms with Gasteiger partial charge in [0.2, 0.25) is 0 Å². The lowest BCUT2D eigenvalue weighted by Crippen LogP contribution is -2.20. The normalized spacial score (nSPS) is 13.5.